The van der Waals surface area contributed by atoms with Gasteiger partial charge in [-0.3, -0.25) is 0 Å². The van der Waals surface area contributed by atoms with Crippen LogP contribution in [0.3, 0.4) is 0 Å². The molecule has 2 unspecified atom stereocenters. The minimum absolute atomic E-state index is 0.481. The summed E-state index contributed by atoms with van der Waals surface area (Å²) in [7, 11) is 2.27. The van der Waals surface area contributed by atoms with Crippen LogP contribution >= 0.6 is 9.24 Å². The highest BCUT2D eigenvalue weighted by Gasteiger charge is 2.20. The standard InChI is InChI=1S/C10H14FP/c1-2-10(11,12)8-9-6-4-3-5-7-9/h3-7H,2,8,12H2,1H3. The third kappa shape index (κ3) is 2.91. The number of hydrogen-bond acceptors (Lipinski definition) is 0. The van der Waals surface area contributed by atoms with Crippen LogP contribution in [0.4, 0.5) is 4.39 Å². The predicted molar refractivity (Wildman–Crippen MR) is 54.0 cm³/mol. The molecule has 0 fully saturated rings. The van der Waals surface area contributed by atoms with Gasteiger partial charge in [-0.25, -0.2) is 4.39 Å². The summed E-state index contributed by atoms with van der Waals surface area (Å²) in [5, 5.41) is -1.14. The van der Waals surface area contributed by atoms with Crippen LogP contribution < -0.4 is 0 Å². The monoisotopic (exact) mass is 184 g/mol. The Morgan fingerprint density at radius 2 is 1.92 bits per heavy atom. The quantitative estimate of drug-likeness (QED) is 0.633. The first-order valence-corrected chi connectivity index (χ1v) is 4.73. The lowest BCUT2D eigenvalue weighted by Crippen LogP contribution is -2.15. The number of halogens is 1. The minimum atomic E-state index is -1.14. The first-order valence-electron chi connectivity index (χ1n) is 4.16. The summed E-state index contributed by atoms with van der Waals surface area (Å²) in [4.78, 5) is 0. The van der Waals surface area contributed by atoms with E-state index in [9.17, 15) is 4.39 Å². The fraction of sp³-hybridized carbons (Fsp3) is 0.400. The van der Waals surface area contributed by atoms with Gasteiger partial charge in [0.05, 0.1) is 0 Å². The van der Waals surface area contributed by atoms with Crippen LogP contribution in [0.25, 0.3) is 0 Å². The smallest absolute Gasteiger partial charge is 0.127 e. The van der Waals surface area contributed by atoms with Crippen molar-refractivity contribution in [2.45, 2.75) is 25.2 Å². The fourth-order valence-electron chi connectivity index (χ4n) is 1.06. The van der Waals surface area contributed by atoms with E-state index in [1.54, 1.807) is 0 Å². The SMILES string of the molecule is CCC(F)(P)Cc1ccccc1. The third-order valence-corrected chi connectivity index (χ3v) is 2.54. The molecule has 1 rings (SSSR count). The molecule has 0 nitrogen and oxygen atoms in total. The van der Waals surface area contributed by atoms with Crippen molar-refractivity contribution in [2.75, 3.05) is 0 Å². The highest BCUT2D eigenvalue weighted by atomic mass is 31.0. The van der Waals surface area contributed by atoms with Crippen LogP contribution in [0, 0.1) is 0 Å². The van der Waals surface area contributed by atoms with Crippen LogP contribution in [0.5, 0.6) is 0 Å². The average Bonchev–Trinajstić information content (AvgIpc) is 2.06. The summed E-state index contributed by atoms with van der Waals surface area (Å²) < 4.78 is 13.5. The van der Waals surface area contributed by atoms with Crippen molar-refractivity contribution in [1.29, 1.82) is 0 Å². The summed E-state index contributed by atoms with van der Waals surface area (Å²) in [6.45, 7) is 1.86. The van der Waals surface area contributed by atoms with Gasteiger partial charge >= 0.3 is 0 Å². The first kappa shape index (κ1) is 9.67. The van der Waals surface area contributed by atoms with E-state index < -0.39 is 5.41 Å². The van der Waals surface area contributed by atoms with Gasteiger partial charge in [0.1, 0.15) is 5.41 Å². The van der Waals surface area contributed by atoms with E-state index in [2.05, 4.69) is 9.24 Å². The van der Waals surface area contributed by atoms with E-state index in [4.69, 9.17) is 0 Å². The number of rotatable bonds is 3. The molecule has 0 spiro atoms. The van der Waals surface area contributed by atoms with Gasteiger partial charge in [-0.2, -0.15) is 0 Å². The molecule has 0 saturated heterocycles. The molecule has 1 aromatic rings. The van der Waals surface area contributed by atoms with E-state index in [0.717, 1.165) is 5.56 Å². The van der Waals surface area contributed by atoms with Crippen LogP contribution in [0.1, 0.15) is 18.9 Å². The van der Waals surface area contributed by atoms with Gasteiger partial charge in [0.2, 0.25) is 0 Å². The Balaban J connectivity index is 2.64. The fourth-order valence-corrected chi connectivity index (χ4v) is 1.30. The zero-order valence-electron chi connectivity index (χ0n) is 7.26. The maximum atomic E-state index is 13.5. The number of benzene rings is 1. The van der Waals surface area contributed by atoms with Crippen molar-refractivity contribution in [3.8, 4) is 0 Å². The minimum Gasteiger partial charge on any atom is -0.239 e. The van der Waals surface area contributed by atoms with Crippen molar-refractivity contribution in [3.63, 3.8) is 0 Å². The van der Waals surface area contributed by atoms with Gasteiger partial charge in [0, 0.05) is 6.42 Å². The molecule has 0 bridgehead atoms. The Hall–Kier alpha value is -0.420. The highest BCUT2D eigenvalue weighted by molar-refractivity contribution is 7.18. The number of hydrogen-bond donors (Lipinski definition) is 0. The molecule has 0 N–H and O–H groups in total. The second-order valence-electron chi connectivity index (χ2n) is 3.05. The average molecular weight is 184 g/mol. The Kier molecular flexibility index (Phi) is 3.22. The van der Waals surface area contributed by atoms with Gasteiger partial charge in [-0.1, -0.05) is 46.5 Å². The van der Waals surface area contributed by atoms with E-state index in [1.165, 1.54) is 0 Å². The maximum Gasteiger partial charge on any atom is 0.127 e. The molecule has 12 heavy (non-hydrogen) atoms. The molecule has 2 heteroatoms. The maximum absolute atomic E-state index is 13.5. The van der Waals surface area contributed by atoms with Crippen LogP contribution in [0.2, 0.25) is 0 Å². The lowest BCUT2D eigenvalue weighted by atomic mass is 10.1. The van der Waals surface area contributed by atoms with E-state index in [-0.39, 0.29) is 0 Å². The van der Waals surface area contributed by atoms with Crippen molar-refractivity contribution < 1.29 is 4.39 Å². The molecule has 0 aliphatic rings. The van der Waals surface area contributed by atoms with Crippen LogP contribution in [-0.2, 0) is 6.42 Å². The van der Waals surface area contributed by atoms with Gasteiger partial charge in [-0.15, -0.1) is 0 Å². The lowest BCUT2D eigenvalue weighted by molar-refractivity contribution is 0.277. The normalized spacial score (nSPS) is 15.6. The Labute approximate surface area is 75.4 Å². The summed E-state index contributed by atoms with van der Waals surface area (Å²) in [6, 6.07) is 9.72. The Morgan fingerprint density at radius 1 is 1.33 bits per heavy atom. The molecule has 0 aliphatic heterocycles. The molecule has 1 aromatic carbocycles. The van der Waals surface area contributed by atoms with Gasteiger partial charge in [0.15, 0.2) is 0 Å². The van der Waals surface area contributed by atoms with Crippen LogP contribution in [0.15, 0.2) is 30.3 Å². The van der Waals surface area contributed by atoms with Gasteiger partial charge in [0.25, 0.3) is 0 Å². The van der Waals surface area contributed by atoms with Crippen molar-refractivity contribution >= 4 is 9.24 Å². The van der Waals surface area contributed by atoms with E-state index in [1.807, 2.05) is 37.3 Å². The molecular formula is C10H14FP. The second-order valence-corrected chi connectivity index (χ2v) is 4.09. The van der Waals surface area contributed by atoms with Crippen molar-refractivity contribution in [3.05, 3.63) is 35.9 Å². The largest absolute Gasteiger partial charge is 0.239 e. The molecule has 0 radical (unpaired) electrons. The molecule has 0 heterocycles. The highest BCUT2D eigenvalue weighted by Crippen LogP contribution is 2.28. The third-order valence-electron chi connectivity index (χ3n) is 1.93. The molecule has 0 aromatic heterocycles. The molecule has 0 amide bonds. The van der Waals surface area contributed by atoms with Gasteiger partial charge in [-0.05, 0) is 12.0 Å². The molecular weight excluding hydrogens is 170 g/mol. The van der Waals surface area contributed by atoms with Crippen molar-refractivity contribution in [1.82, 2.24) is 0 Å². The summed E-state index contributed by atoms with van der Waals surface area (Å²) in [5.74, 6) is 0. The molecule has 2 atom stereocenters. The molecule has 66 valence electrons. The van der Waals surface area contributed by atoms with E-state index >= 15 is 0 Å². The first-order chi connectivity index (χ1) is 5.64. The zero-order chi connectivity index (χ0) is 9.03. The second kappa shape index (κ2) is 4.00. The van der Waals surface area contributed by atoms with E-state index in [0.29, 0.717) is 12.8 Å². The Bertz CT molecular complexity index is 231. The van der Waals surface area contributed by atoms with Crippen molar-refractivity contribution in [2.24, 2.45) is 0 Å². The summed E-state index contributed by atoms with van der Waals surface area (Å²) in [5.41, 5.74) is 1.05. The van der Waals surface area contributed by atoms with Gasteiger partial charge < -0.3 is 0 Å². The molecule has 0 aliphatic carbocycles. The predicted octanol–water partition coefficient (Wildman–Crippen LogP) is 3.18. The number of alkyl halides is 1. The topological polar surface area (TPSA) is 0 Å². The summed E-state index contributed by atoms with van der Waals surface area (Å²) in [6.07, 6.45) is 1.02. The summed E-state index contributed by atoms with van der Waals surface area (Å²) >= 11 is 0. The molecule has 0 saturated carbocycles. The Morgan fingerprint density at radius 3 is 2.42 bits per heavy atom. The van der Waals surface area contributed by atoms with Crippen LogP contribution in [-0.4, -0.2) is 5.41 Å². The zero-order valence-corrected chi connectivity index (χ0v) is 8.41. The lowest BCUT2D eigenvalue weighted by Gasteiger charge is -2.17.